The van der Waals surface area contributed by atoms with E-state index in [0.717, 1.165) is 0 Å². The monoisotopic (exact) mass is 416 g/mol. The van der Waals surface area contributed by atoms with Crippen LogP contribution in [0, 0.1) is 0 Å². The van der Waals surface area contributed by atoms with Gasteiger partial charge in [0.15, 0.2) is 11.0 Å². The molecule has 2 aromatic heterocycles. The van der Waals surface area contributed by atoms with E-state index in [2.05, 4.69) is 15.5 Å². The van der Waals surface area contributed by atoms with Crippen LogP contribution in [0.1, 0.15) is 12.5 Å². The molecule has 0 saturated heterocycles. The Kier molecular flexibility index (Phi) is 6.08. The normalized spacial score (nSPS) is 10.6. The molecular formula is C19H17ClN4O5. The molecule has 3 aromatic rings. The SMILES string of the molecule is CC(=O)Nc1ccc2c(COC(=O)CN(C)c3ccc(Cl)nn3)cc(=O)oc2c1. The first kappa shape index (κ1) is 20.3. The van der Waals surface area contributed by atoms with Gasteiger partial charge in [-0.2, -0.15) is 0 Å². The molecule has 0 saturated carbocycles. The van der Waals surface area contributed by atoms with Crippen LogP contribution in [-0.2, 0) is 20.9 Å². The third-order valence-corrected chi connectivity index (χ3v) is 4.12. The minimum atomic E-state index is -0.586. The minimum absolute atomic E-state index is 0.0671. The van der Waals surface area contributed by atoms with E-state index in [1.165, 1.54) is 19.1 Å². The lowest BCUT2D eigenvalue weighted by Gasteiger charge is -2.16. The van der Waals surface area contributed by atoms with E-state index in [9.17, 15) is 14.4 Å². The summed E-state index contributed by atoms with van der Waals surface area (Å²) in [5, 5.41) is 11.1. The second-order valence-corrected chi connectivity index (χ2v) is 6.60. The zero-order valence-corrected chi connectivity index (χ0v) is 16.4. The van der Waals surface area contributed by atoms with Gasteiger partial charge in [0.2, 0.25) is 5.91 Å². The Morgan fingerprint density at radius 3 is 2.69 bits per heavy atom. The number of halogens is 1. The van der Waals surface area contributed by atoms with E-state index in [-0.39, 0.29) is 29.8 Å². The maximum absolute atomic E-state index is 12.2. The van der Waals surface area contributed by atoms with Crippen molar-refractivity contribution in [3.05, 3.63) is 57.5 Å². The predicted octanol–water partition coefficient (Wildman–Crippen LogP) is 2.37. The number of hydrogen-bond acceptors (Lipinski definition) is 8. The molecule has 10 heteroatoms. The van der Waals surface area contributed by atoms with Crippen molar-refractivity contribution >= 4 is 46.0 Å². The molecular weight excluding hydrogens is 400 g/mol. The van der Waals surface area contributed by atoms with Crippen molar-refractivity contribution in [2.45, 2.75) is 13.5 Å². The van der Waals surface area contributed by atoms with Gasteiger partial charge in [-0.3, -0.25) is 9.59 Å². The maximum atomic E-state index is 12.2. The van der Waals surface area contributed by atoms with Crippen LogP contribution < -0.4 is 15.8 Å². The molecule has 1 aromatic carbocycles. The predicted molar refractivity (Wildman–Crippen MR) is 107 cm³/mol. The van der Waals surface area contributed by atoms with Crippen LogP contribution in [0.4, 0.5) is 11.5 Å². The van der Waals surface area contributed by atoms with Crippen LogP contribution in [0.5, 0.6) is 0 Å². The fourth-order valence-corrected chi connectivity index (χ4v) is 2.72. The van der Waals surface area contributed by atoms with Gasteiger partial charge in [0, 0.05) is 42.7 Å². The van der Waals surface area contributed by atoms with Gasteiger partial charge in [0.05, 0.1) is 0 Å². The number of likely N-dealkylation sites (N-methyl/N-ethyl adjacent to an activating group) is 1. The molecule has 0 spiro atoms. The number of hydrogen-bond donors (Lipinski definition) is 1. The summed E-state index contributed by atoms with van der Waals surface area (Å²) in [4.78, 5) is 36.8. The zero-order chi connectivity index (χ0) is 21.0. The molecule has 0 bridgehead atoms. The minimum Gasteiger partial charge on any atom is -0.459 e. The van der Waals surface area contributed by atoms with Crippen LogP contribution in [-0.4, -0.2) is 35.7 Å². The van der Waals surface area contributed by atoms with Crippen molar-refractivity contribution in [3.8, 4) is 0 Å². The number of anilines is 2. The van der Waals surface area contributed by atoms with Crippen molar-refractivity contribution in [2.75, 3.05) is 23.8 Å². The van der Waals surface area contributed by atoms with Gasteiger partial charge in [-0.15, -0.1) is 10.2 Å². The Morgan fingerprint density at radius 1 is 1.21 bits per heavy atom. The van der Waals surface area contributed by atoms with Crippen molar-refractivity contribution in [2.24, 2.45) is 0 Å². The number of ether oxygens (including phenoxy) is 1. The molecule has 2 heterocycles. The number of rotatable bonds is 6. The number of carbonyl (C=O) groups is 2. The quantitative estimate of drug-likeness (QED) is 0.481. The van der Waals surface area contributed by atoms with Crippen LogP contribution in [0.25, 0.3) is 11.0 Å². The first-order chi connectivity index (χ1) is 13.8. The van der Waals surface area contributed by atoms with Crippen molar-refractivity contribution < 1.29 is 18.7 Å². The lowest BCUT2D eigenvalue weighted by molar-refractivity contribution is -0.143. The highest BCUT2D eigenvalue weighted by atomic mass is 35.5. The van der Waals surface area contributed by atoms with Crippen molar-refractivity contribution in [1.29, 1.82) is 0 Å². The molecule has 1 amide bonds. The third kappa shape index (κ3) is 5.29. The zero-order valence-electron chi connectivity index (χ0n) is 15.6. The number of fused-ring (bicyclic) bond motifs is 1. The highest BCUT2D eigenvalue weighted by Crippen LogP contribution is 2.22. The number of aromatic nitrogens is 2. The Morgan fingerprint density at radius 2 is 2.00 bits per heavy atom. The molecule has 0 fully saturated rings. The van der Waals surface area contributed by atoms with Crippen molar-refractivity contribution in [1.82, 2.24) is 10.2 Å². The molecule has 3 rings (SSSR count). The summed E-state index contributed by atoms with van der Waals surface area (Å²) in [6.07, 6.45) is 0. The molecule has 29 heavy (non-hydrogen) atoms. The van der Waals surface area contributed by atoms with Gasteiger partial charge in [0.25, 0.3) is 0 Å². The average molecular weight is 417 g/mol. The average Bonchev–Trinajstić information content (AvgIpc) is 2.65. The Balaban J connectivity index is 1.70. The summed E-state index contributed by atoms with van der Waals surface area (Å²) < 4.78 is 10.5. The van der Waals surface area contributed by atoms with Gasteiger partial charge in [-0.1, -0.05) is 11.6 Å². The number of amides is 1. The number of nitrogens with zero attached hydrogens (tertiary/aromatic N) is 3. The second kappa shape index (κ2) is 8.70. The van der Waals surface area contributed by atoms with Crippen LogP contribution in [0.3, 0.4) is 0 Å². The van der Waals surface area contributed by atoms with Gasteiger partial charge in [-0.05, 0) is 24.3 Å². The summed E-state index contributed by atoms with van der Waals surface area (Å²) in [5.74, 6) is -0.297. The van der Waals surface area contributed by atoms with E-state index in [0.29, 0.717) is 22.5 Å². The third-order valence-electron chi connectivity index (χ3n) is 3.91. The highest BCUT2D eigenvalue weighted by molar-refractivity contribution is 6.29. The smallest absolute Gasteiger partial charge is 0.336 e. The van der Waals surface area contributed by atoms with Gasteiger partial charge >= 0.3 is 11.6 Å². The number of nitrogens with one attached hydrogen (secondary N) is 1. The van der Waals surface area contributed by atoms with Gasteiger partial charge < -0.3 is 19.4 Å². The molecule has 1 N–H and O–H groups in total. The number of esters is 1. The lowest BCUT2D eigenvalue weighted by atomic mass is 10.1. The van der Waals surface area contributed by atoms with Crippen LogP contribution in [0.2, 0.25) is 5.15 Å². The lowest BCUT2D eigenvalue weighted by Crippen LogP contribution is -2.28. The van der Waals surface area contributed by atoms with E-state index >= 15 is 0 Å². The molecule has 0 atom stereocenters. The van der Waals surface area contributed by atoms with E-state index < -0.39 is 11.6 Å². The molecule has 0 unspecified atom stereocenters. The summed E-state index contributed by atoms with van der Waals surface area (Å²) in [5.41, 5.74) is 0.682. The second-order valence-electron chi connectivity index (χ2n) is 6.21. The van der Waals surface area contributed by atoms with Crippen LogP contribution >= 0.6 is 11.6 Å². The standard InChI is InChI=1S/C19H17ClN4O5/c1-11(25)21-13-3-4-14-12(7-18(26)29-15(14)8-13)10-28-19(27)9-24(2)17-6-5-16(20)22-23-17/h3-8H,9-10H2,1-2H3,(H,21,25). The molecule has 0 aliphatic rings. The first-order valence-corrected chi connectivity index (χ1v) is 8.90. The fourth-order valence-electron chi connectivity index (χ4n) is 2.62. The van der Waals surface area contributed by atoms with E-state index in [1.54, 1.807) is 36.2 Å². The summed E-state index contributed by atoms with van der Waals surface area (Å²) in [6, 6.07) is 9.35. The molecule has 0 aliphatic carbocycles. The largest absolute Gasteiger partial charge is 0.459 e. The van der Waals surface area contributed by atoms with Gasteiger partial charge in [-0.25, -0.2) is 4.79 Å². The van der Waals surface area contributed by atoms with Gasteiger partial charge in [0.1, 0.15) is 18.7 Å². The number of carbonyl (C=O) groups excluding carboxylic acids is 2. The molecule has 9 nitrogen and oxygen atoms in total. The van der Waals surface area contributed by atoms with E-state index in [1.807, 2.05) is 0 Å². The Bertz CT molecular complexity index is 1110. The maximum Gasteiger partial charge on any atom is 0.336 e. The molecule has 150 valence electrons. The Hall–Kier alpha value is -3.46. The first-order valence-electron chi connectivity index (χ1n) is 8.52. The Labute approximate surface area is 170 Å². The number of benzene rings is 1. The summed E-state index contributed by atoms with van der Waals surface area (Å²) >= 11 is 5.70. The fraction of sp³-hybridized carbons (Fsp3) is 0.211. The topological polar surface area (TPSA) is 115 Å². The van der Waals surface area contributed by atoms with Crippen molar-refractivity contribution in [3.63, 3.8) is 0 Å². The summed E-state index contributed by atoms with van der Waals surface area (Å²) in [6.45, 7) is 1.20. The molecule has 0 radical (unpaired) electrons. The summed E-state index contributed by atoms with van der Waals surface area (Å²) in [7, 11) is 1.66. The highest BCUT2D eigenvalue weighted by Gasteiger charge is 2.13. The van der Waals surface area contributed by atoms with Crippen LogP contribution in [0.15, 0.2) is 45.6 Å². The van der Waals surface area contributed by atoms with E-state index in [4.69, 9.17) is 20.8 Å². The molecule has 0 aliphatic heterocycles.